The lowest BCUT2D eigenvalue weighted by Gasteiger charge is -2.13. The number of amides is 1. The number of nitrogens with zero attached hydrogens (tertiary/aromatic N) is 3. The van der Waals surface area contributed by atoms with E-state index in [4.69, 9.17) is 5.11 Å². The Kier molecular flexibility index (Phi) is 6.25. The Morgan fingerprint density at radius 3 is 2.39 bits per heavy atom. The standard InChI is InChI=1S/C20H17F3N4O4/c21-20(22,23)12-6-7-15(24-16-11-17(29)27(8-9-28)19(16)31)14(10-12)18(30)26-25-13-4-2-1-3-5-13/h1-7,10-11,24,28-29,31H,8-9H2. The first kappa shape index (κ1) is 21.8. The van der Waals surface area contributed by atoms with Crippen LogP contribution in [0.2, 0.25) is 0 Å². The van der Waals surface area contributed by atoms with Gasteiger partial charge in [-0.15, -0.1) is 10.2 Å². The summed E-state index contributed by atoms with van der Waals surface area (Å²) >= 11 is 0. The molecule has 0 saturated heterocycles. The Balaban J connectivity index is 1.99. The van der Waals surface area contributed by atoms with E-state index in [9.17, 15) is 28.2 Å². The summed E-state index contributed by atoms with van der Waals surface area (Å²) in [5.74, 6) is -1.91. The number of alkyl halides is 3. The molecule has 11 heteroatoms. The van der Waals surface area contributed by atoms with Gasteiger partial charge >= 0.3 is 6.18 Å². The minimum atomic E-state index is -4.70. The molecule has 0 radical (unpaired) electrons. The molecule has 2 aromatic carbocycles. The van der Waals surface area contributed by atoms with Crippen molar-refractivity contribution in [1.29, 1.82) is 0 Å². The number of aromatic nitrogens is 1. The van der Waals surface area contributed by atoms with Crippen LogP contribution in [0.25, 0.3) is 0 Å². The number of aliphatic hydroxyl groups is 1. The molecule has 162 valence electrons. The van der Waals surface area contributed by atoms with Gasteiger partial charge in [-0.3, -0.25) is 9.36 Å². The van der Waals surface area contributed by atoms with Gasteiger partial charge in [0.05, 0.1) is 35.7 Å². The summed E-state index contributed by atoms with van der Waals surface area (Å²) in [7, 11) is 0. The first-order valence-corrected chi connectivity index (χ1v) is 8.92. The van der Waals surface area contributed by atoms with E-state index in [0.29, 0.717) is 11.8 Å². The highest BCUT2D eigenvalue weighted by Gasteiger charge is 2.32. The number of benzene rings is 2. The van der Waals surface area contributed by atoms with Gasteiger partial charge in [0, 0.05) is 6.07 Å². The average molecular weight is 434 g/mol. The number of halogens is 3. The third-order valence-electron chi connectivity index (χ3n) is 4.23. The van der Waals surface area contributed by atoms with Crippen LogP contribution in [-0.4, -0.2) is 32.4 Å². The molecule has 0 aliphatic carbocycles. The van der Waals surface area contributed by atoms with Crippen molar-refractivity contribution in [2.75, 3.05) is 11.9 Å². The van der Waals surface area contributed by atoms with E-state index < -0.39 is 35.0 Å². The molecule has 3 aromatic rings. The van der Waals surface area contributed by atoms with Crippen molar-refractivity contribution in [3.8, 4) is 11.8 Å². The van der Waals surface area contributed by atoms with Crippen LogP contribution in [0.1, 0.15) is 15.9 Å². The van der Waals surface area contributed by atoms with Crippen LogP contribution in [0.4, 0.5) is 30.2 Å². The molecule has 0 atom stereocenters. The van der Waals surface area contributed by atoms with Crippen LogP contribution in [-0.2, 0) is 12.7 Å². The van der Waals surface area contributed by atoms with Gasteiger partial charge in [-0.2, -0.15) is 13.2 Å². The maximum absolute atomic E-state index is 13.2. The lowest BCUT2D eigenvalue weighted by molar-refractivity contribution is -0.137. The summed E-state index contributed by atoms with van der Waals surface area (Å²) in [6.07, 6.45) is -4.70. The molecular formula is C20H17F3N4O4. The van der Waals surface area contributed by atoms with Crippen molar-refractivity contribution >= 4 is 23.0 Å². The molecule has 31 heavy (non-hydrogen) atoms. The van der Waals surface area contributed by atoms with E-state index in [1.54, 1.807) is 30.3 Å². The predicted molar refractivity (Wildman–Crippen MR) is 105 cm³/mol. The van der Waals surface area contributed by atoms with Crippen molar-refractivity contribution in [2.45, 2.75) is 12.7 Å². The Bertz CT molecular complexity index is 1110. The summed E-state index contributed by atoms with van der Waals surface area (Å²) in [5.41, 5.74) is -1.35. The predicted octanol–water partition coefficient (Wildman–Crippen LogP) is 4.58. The van der Waals surface area contributed by atoms with E-state index in [-0.39, 0.29) is 24.5 Å². The Morgan fingerprint density at radius 2 is 1.74 bits per heavy atom. The first-order valence-electron chi connectivity index (χ1n) is 8.92. The number of aromatic hydroxyl groups is 2. The maximum atomic E-state index is 13.2. The second kappa shape index (κ2) is 8.88. The average Bonchev–Trinajstić information content (AvgIpc) is 3.00. The number of azo groups is 1. The molecule has 4 N–H and O–H groups in total. The SMILES string of the molecule is O=C(N=Nc1ccccc1)c1cc(C(F)(F)F)ccc1Nc1cc(O)n(CCO)c1O. The van der Waals surface area contributed by atoms with E-state index in [1.807, 2.05) is 0 Å². The number of carbonyl (C=O) groups excluding carboxylic acids is 1. The minimum Gasteiger partial charge on any atom is -0.494 e. The number of nitrogens with one attached hydrogen (secondary N) is 1. The second-order valence-corrected chi connectivity index (χ2v) is 6.34. The fourth-order valence-electron chi connectivity index (χ4n) is 2.74. The number of rotatable bonds is 6. The van der Waals surface area contributed by atoms with Crippen molar-refractivity contribution in [2.24, 2.45) is 10.2 Å². The zero-order chi connectivity index (χ0) is 22.6. The molecule has 1 amide bonds. The molecule has 0 spiro atoms. The van der Waals surface area contributed by atoms with Crippen LogP contribution in [0.5, 0.6) is 11.8 Å². The highest BCUT2D eigenvalue weighted by Crippen LogP contribution is 2.37. The summed E-state index contributed by atoms with van der Waals surface area (Å²) < 4.78 is 40.5. The molecule has 0 bridgehead atoms. The summed E-state index contributed by atoms with van der Waals surface area (Å²) in [5, 5.41) is 38.9. The quantitative estimate of drug-likeness (QED) is 0.424. The van der Waals surface area contributed by atoms with Gasteiger partial charge in [-0.25, -0.2) is 0 Å². The fourth-order valence-corrected chi connectivity index (χ4v) is 2.74. The molecule has 1 aromatic heterocycles. The van der Waals surface area contributed by atoms with Gasteiger partial charge in [0.25, 0.3) is 5.91 Å². The smallest absolute Gasteiger partial charge is 0.416 e. The number of hydrogen-bond donors (Lipinski definition) is 4. The van der Waals surface area contributed by atoms with Gasteiger partial charge in [0.1, 0.15) is 5.69 Å². The Hall–Kier alpha value is -3.86. The highest BCUT2D eigenvalue weighted by molar-refractivity contribution is 6.01. The van der Waals surface area contributed by atoms with E-state index >= 15 is 0 Å². The largest absolute Gasteiger partial charge is 0.494 e. The van der Waals surface area contributed by atoms with E-state index in [0.717, 1.165) is 22.8 Å². The van der Waals surface area contributed by atoms with Crippen LogP contribution in [0.3, 0.4) is 0 Å². The summed E-state index contributed by atoms with van der Waals surface area (Å²) in [4.78, 5) is 12.5. The third-order valence-corrected chi connectivity index (χ3v) is 4.23. The van der Waals surface area contributed by atoms with Crippen molar-refractivity contribution in [3.05, 3.63) is 65.7 Å². The molecule has 8 nitrogen and oxygen atoms in total. The zero-order valence-corrected chi connectivity index (χ0v) is 15.8. The molecular weight excluding hydrogens is 417 g/mol. The lowest BCUT2D eigenvalue weighted by Crippen LogP contribution is -2.09. The van der Waals surface area contributed by atoms with Crippen molar-refractivity contribution in [3.63, 3.8) is 0 Å². The topological polar surface area (TPSA) is 119 Å². The Morgan fingerprint density at radius 1 is 1.03 bits per heavy atom. The van der Waals surface area contributed by atoms with Crippen LogP contribution in [0.15, 0.2) is 64.8 Å². The van der Waals surface area contributed by atoms with Gasteiger partial charge in [-0.1, -0.05) is 18.2 Å². The Labute approximate surface area is 173 Å². The highest BCUT2D eigenvalue weighted by atomic mass is 19.4. The van der Waals surface area contributed by atoms with Crippen LogP contribution < -0.4 is 5.32 Å². The fraction of sp³-hybridized carbons (Fsp3) is 0.150. The minimum absolute atomic E-state index is 0.0836. The van der Waals surface area contributed by atoms with E-state index in [2.05, 4.69) is 15.5 Å². The van der Waals surface area contributed by atoms with Crippen molar-refractivity contribution < 1.29 is 33.3 Å². The van der Waals surface area contributed by atoms with Gasteiger partial charge in [0.2, 0.25) is 5.88 Å². The third kappa shape index (κ3) is 5.01. The monoisotopic (exact) mass is 434 g/mol. The zero-order valence-electron chi connectivity index (χ0n) is 15.8. The second-order valence-electron chi connectivity index (χ2n) is 6.34. The molecule has 0 fully saturated rings. The molecule has 1 heterocycles. The van der Waals surface area contributed by atoms with Crippen LogP contribution >= 0.6 is 0 Å². The van der Waals surface area contributed by atoms with Crippen molar-refractivity contribution in [1.82, 2.24) is 4.57 Å². The number of carbonyl (C=O) groups is 1. The number of hydrogen-bond acceptors (Lipinski definition) is 6. The van der Waals surface area contributed by atoms with Gasteiger partial charge in [-0.05, 0) is 30.3 Å². The maximum Gasteiger partial charge on any atom is 0.416 e. The van der Waals surface area contributed by atoms with Gasteiger partial charge in [0.15, 0.2) is 5.88 Å². The van der Waals surface area contributed by atoms with E-state index in [1.165, 1.54) is 0 Å². The molecule has 0 unspecified atom stereocenters. The number of anilines is 2. The summed E-state index contributed by atoms with van der Waals surface area (Å²) in [6.45, 7) is -0.497. The summed E-state index contributed by atoms with van der Waals surface area (Å²) in [6, 6.07) is 11.6. The molecule has 0 saturated carbocycles. The van der Waals surface area contributed by atoms with Crippen LogP contribution in [0, 0.1) is 0 Å². The molecule has 0 aliphatic heterocycles. The first-order chi connectivity index (χ1) is 14.7. The normalized spacial score (nSPS) is 11.7. The van der Waals surface area contributed by atoms with Gasteiger partial charge < -0.3 is 20.6 Å². The lowest BCUT2D eigenvalue weighted by atomic mass is 10.1. The number of aliphatic hydroxyl groups excluding tert-OH is 1. The molecule has 0 aliphatic rings. The molecule has 3 rings (SSSR count).